The zero-order valence-electron chi connectivity index (χ0n) is 11.7. The lowest BCUT2D eigenvalue weighted by atomic mass is 10.0. The SMILES string of the molecule is C=C(/C(N)=C(\C)N(N)c1ccccc1C)C(C)C. The fourth-order valence-electron chi connectivity index (χ4n) is 1.69. The van der Waals surface area contributed by atoms with Crippen molar-refractivity contribution in [3.05, 3.63) is 53.4 Å². The van der Waals surface area contributed by atoms with E-state index in [1.54, 1.807) is 5.01 Å². The van der Waals surface area contributed by atoms with Crippen LogP contribution in [-0.4, -0.2) is 0 Å². The van der Waals surface area contributed by atoms with Crippen LogP contribution in [0.25, 0.3) is 0 Å². The fraction of sp³-hybridized carbons (Fsp3) is 0.333. The number of benzene rings is 1. The third-order valence-corrected chi connectivity index (χ3v) is 3.17. The van der Waals surface area contributed by atoms with Crippen molar-refractivity contribution in [2.75, 3.05) is 5.01 Å². The molecule has 0 unspecified atom stereocenters. The number of anilines is 1. The Morgan fingerprint density at radius 2 is 1.83 bits per heavy atom. The molecule has 0 aromatic heterocycles. The Bertz CT molecular complexity index is 472. The van der Waals surface area contributed by atoms with Crippen molar-refractivity contribution < 1.29 is 0 Å². The topological polar surface area (TPSA) is 55.3 Å². The quantitative estimate of drug-likeness (QED) is 0.487. The number of hydrazine groups is 1. The van der Waals surface area contributed by atoms with Crippen molar-refractivity contribution in [3.8, 4) is 0 Å². The molecular formula is C15H23N3. The number of para-hydroxylation sites is 1. The highest BCUT2D eigenvalue weighted by Crippen LogP contribution is 2.23. The molecule has 0 spiro atoms. The maximum atomic E-state index is 6.13. The Labute approximate surface area is 110 Å². The van der Waals surface area contributed by atoms with Gasteiger partial charge in [0.1, 0.15) is 0 Å². The molecule has 98 valence electrons. The highest BCUT2D eigenvalue weighted by molar-refractivity contribution is 5.57. The normalized spacial score (nSPS) is 12.3. The van der Waals surface area contributed by atoms with Crippen molar-refractivity contribution >= 4 is 5.69 Å². The molecule has 3 nitrogen and oxygen atoms in total. The second-order valence-corrected chi connectivity index (χ2v) is 4.84. The van der Waals surface area contributed by atoms with Crippen LogP contribution >= 0.6 is 0 Å². The van der Waals surface area contributed by atoms with Crippen molar-refractivity contribution in [3.63, 3.8) is 0 Å². The van der Waals surface area contributed by atoms with Crippen LogP contribution in [0.1, 0.15) is 26.3 Å². The number of hydrogen-bond donors (Lipinski definition) is 2. The molecule has 0 aliphatic rings. The van der Waals surface area contributed by atoms with Crippen LogP contribution in [0.5, 0.6) is 0 Å². The van der Waals surface area contributed by atoms with Gasteiger partial charge in [-0.05, 0) is 37.0 Å². The van der Waals surface area contributed by atoms with Crippen molar-refractivity contribution in [1.82, 2.24) is 0 Å². The van der Waals surface area contributed by atoms with Gasteiger partial charge in [0.05, 0.1) is 17.1 Å². The summed E-state index contributed by atoms with van der Waals surface area (Å²) >= 11 is 0. The lowest BCUT2D eigenvalue weighted by molar-refractivity contribution is 0.770. The van der Waals surface area contributed by atoms with Crippen LogP contribution in [0.15, 0.2) is 47.8 Å². The molecule has 0 radical (unpaired) electrons. The lowest BCUT2D eigenvalue weighted by Crippen LogP contribution is -2.32. The zero-order valence-corrected chi connectivity index (χ0v) is 11.7. The van der Waals surface area contributed by atoms with Gasteiger partial charge in [-0.25, -0.2) is 5.84 Å². The van der Waals surface area contributed by atoms with E-state index >= 15 is 0 Å². The van der Waals surface area contributed by atoms with Gasteiger partial charge in [-0.2, -0.15) is 0 Å². The van der Waals surface area contributed by atoms with Gasteiger partial charge in [-0.1, -0.05) is 38.6 Å². The van der Waals surface area contributed by atoms with Crippen LogP contribution in [0, 0.1) is 12.8 Å². The highest BCUT2D eigenvalue weighted by Gasteiger charge is 2.12. The maximum Gasteiger partial charge on any atom is 0.0601 e. The molecule has 0 aliphatic heterocycles. The van der Waals surface area contributed by atoms with Crippen LogP contribution in [0.4, 0.5) is 5.69 Å². The second kappa shape index (κ2) is 5.74. The minimum Gasteiger partial charge on any atom is -0.397 e. The number of aryl methyl sites for hydroxylation is 1. The number of rotatable bonds is 4. The minimum atomic E-state index is 0.310. The summed E-state index contributed by atoms with van der Waals surface area (Å²) in [4.78, 5) is 0. The van der Waals surface area contributed by atoms with E-state index in [1.165, 1.54) is 0 Å². The smallest absolute Gasteiger partial charge is 0.0601 e. The first-order chi connectivity index (χ1) is 8.36. The van der Waals surface area contributed by atoms with E-state index in [0.717, 1.165) is 22.5 Å². The Morgan fingerprint density at radius 3 is 2.33 bits per heavy atom. The van der Waals surface area contributed by atoms with Crippen LogP contribution < -0.4 is 16.6 Å². The molecule has 0 atom stereocenters. The van der Waals surface area contributed by atoms with Gasteiger partial charge in [0.15, 0.2) is 0 Å². The van der Waals surface area contributed by atoms with E-state index < -0.39 is 0 Å². The van der Waals surface area contributed by atoms with Gasteiger partial charge in [0, 0.05) is 0 Å². The summed E-state index contributed by atoms with van der Waals surface area (Å²) in [6.45, 7) is 12.1. The van der Waals surface area contributed by atoms with Crippen LogP contribution in [0.3, 0.4) is 0 Å². The summed E-state index contributed by atoms with van der Waals surface area (Å²) in [7, 11) is 0. The van der Waals surface area contributed by atoms with Gasteiger partial charge >= 0.3 is 0 Å². The first-order valence-corrected chi connectivity index (χ1v) is 6.12. The Morgan fingerprint density at radius 1 is 1.28 bits per heavy atom. The van der Waals surface area contributed by atoms with Crippen molar-refractivity contribution in [2.45, 2.75) is 27.7 Å². The molecule has 0 amide bonds. The maximum absolute atomic E-state index is 6.13. The summed E-state index contributed by atoms with van der Waals surface area (Å²) < 4.78 is 0. The van der Waals surface area contributed by atoms with E-state index in [2.05, 4.69) is 20.4 Å². The largest absolute Gasteiger partial charge is 0.397 e. The monoisotopic (exact) mass is 245 g/mol. The molecule has 1 aromatic carbocycles. The van der Waals surface area contributed by atoms with E-state index in [-0.39, 0.29) is 0 Å². The molecule has 3 heteroatoms. The fourth-order valence-corrected chi connectivity index (χ4v) is 1.69. The molecule has 0 aliphatic carbocycles. The summed E-state index contributed by atoms with van der Waals surface area (Å²) in [5, 5.41) is 1.62. The summed E-state index contributed by atoms with van der Waals surface area (Å²) in [6, 6.07) is 7.95. The highest BCUT2D eigenvalue weighted by atomic mass is 15.4. The number of nitrogens with two attached hydrogens (primary N) is 2. The van der Waals surface area contributed by atoms with E-state index in [1.807, 2.05) is 38.1 Å². The average Bonchev–Trinajstić information content (AvgIpc) is 2.35. The third kappa shape index (κ3) is 2.93. The number of allylic oxidation sites excluding steroid dienone is 2. The molecule has 1 rings (SSSR count). The van der Waals surface area contributed by atoms with Gasteiger partial charge in [-0.3, -0.25) is 5.01 Å². The molecule has 0 bridgehead atoms. The lowest BCUT2D eigenvalue weighted by Gasteiger charge is -2.24. The standard InChI is InChI=1S/C15H23N3/c1-10(2)12(4)15(16)13(5)18(17)14-9-7-6-8-11(14)3/h6-10H,4,16-17H2,1-3,5H3/b15-13-. The molecule has 4 N–H and O–H groups in total. The molecule has 0 saturated carbocycles. The Hall–Kier alpha value is -1.74. The van der Waals surface area contributed by atoms with Crippen LogP contribution in [-0.2, 0) is 0 Å². The van der Waals surface area contributed by atoms with Crippen molar-refractivity contribution in [1.29, 1.82) is 0 Å². The van der Waals surface area contributed by atoms with Gasteiger partial charge < -0.3 is 5.73 Å². The molecule has 0 heterocycles. The van der Waals surface area contributed by atoms with Crippen molar-refractivity contribution in [2.24, 2.45) is 17.5 Å². The van der Waals surface area contributed by atoms with E-state index in [4.69, 9.17) is 11.6 Å². The average molecular weight is 245 g/mol. The molecule has 1 aromatic rings. The predicted molar refractivity (Wildman–Crippen MR) is 78.7 cm³/mol. The Kier molecular flexibility index (Phi) is 4.56. The van der Waals surface area contributed by atoms with E-state index in [9.17, 15) is 0 Å². The summed E-state index contributed by atoms with van der Waals surface area (Å²) in [5.41, 5.74) is 10.6. The number of hydrogen-bond acceptors (Lipinski definition) is 3. The predicted octanol–water partition coefficient (Wildman–Crippen LogP) is 3.08. The molecular weight excluding hydrogens is 222 g/mol. The summed E-state index contributed by atoms with van der Waals surface area (Å²) in [6.07, 6.45) is 0. The summed E-state index contributed by atoms with van der Waals surface area (Å²) in [5.74, 6) is 6.44. The zero-order chi connectivity index (χ0) is 13.9. The van der Waals surface area contributed by atoms with Gasteiger partial charge in [-0.15, -0.1) is 0 Å². The first-order valence-electron chi connectivity index (χ1n) is 6.12. The van der Waals surface area contributed by atoms with Gasteiger partial charge in [0.2, 0.25) is 0 Å². The van der Waals surface area contributed by atoms with Gasteiger partial charge in [0.25, 0.3) is 0 Å². The first kappa shape index (κ1) is 14.3. The third-order valence-electron chi connectivity index (χ3n) is 3.17. The molecule has 0 fully saturated rings. The number of nitrogens with zero attached hydrogens (tertiary/aromatic N) is 1. The van der Waals surface area contributed by atoms with E-state index in [0.29, 0.717) is 11.6 Å². The Balaban J connectivity index is 3.11. The minimum absolute atomic E-state index is 0.310. The van der Waals surface area contributed by atoms with Crippen LogP contribution in [0.2, 0.25) is 0 Å². The molecule has 18 heavy (non-hydrogen) atoms. The second-order valence-electron chi connectivity index (χ2n) is 4.84. The molecule has 0 saturated heterocycles.